The second-order valence-electron chi connectivity index (χ2n) is 7.38. The van der Waals surface area contributed by atoms with Gasteiger partial charge in [0.2, 0.25) is 5.95 Å². The monoisotopic (exact) mass is 374 g/mol. The number of nitrogens with one attached hydrogen (secondary N) is 1. The summed E-state index contributed by atoms with van der Waals surface area (Å²) < 4.78 is 15.1. The van der Waals surface area contributed by atoms with Crippen LogP contribution < -0.4 is 5.32 Å². The highest BCUT2D eigenvalue weighted by Crippen LogP contribution is 2.44. The average Bonchev–Trinajstić information content (AvgIpc) is 3.15. The van der Waals surface area contributed by atoms with Gasteiger partial charge in [0.15, 0.2) is 5.78 Å². The first-order valence-corrected chi connectivity index (χ1v) is 9.35. The summed E-state index contributed by atoms with van der Waals surface area (Å²) in [4.78, 5) is 17.6. The van der Waals surface area contributed by atoms with E-state index >= 15 is 0 Å². The van der Waals surface area contributed by atoms with Crippen LogP contribution in [0.25, 0.3) is 0 Å². The lowest BCUT2D eigenvalue weighted by Gasteiger charge is -2.35. The number of Topliss-reactive ketones (excluding diaryl/α,β-unsaturated/α-hetero) is 1. The van der Waals surface area contributed by atoms with E-state index in [1.807, 2.05) is 31.2 Å². The molecule has 28 heavy (non-hydrogen) atoms. The lowest BCUT2D eigenvalue weighted by molar-refractivity contribution is -0.116. The molecule has 5 rings (SSSR count). The molecular weight excluding hydrogens is 355 g/mol. The molecule has 2 aromatic carbocycles. The molecule has 1 aliphatic carbocycles. The van der Waals surface area contributed by atoms with Gasteiger partial charge < -0.3 is 5.32 Å². The molecule has 1 N–H and O–H groups in total. The van der Waals surface area contributed by atoms with Crippen LogP contribution in [-0.4, -0.2) is 20.5 Å². The Balaban J connectivity index is 1.61. The molecule has 6 heteroatoms. The van der Waals surface area contributed by atoms with Gasteiger partial charge >= 0.3 is 0 Å². The van der Waals surface area contributed by atoms with Crippen LogP contribution in [0.1, 0.15) is 41.5 Å². The van der Waals surface area contributed by atoms with Gasteiger partial charge in [0, 0.05) is 17.7 Å². The predicted molar refractivity (Wildman–Crippen MR) is 103 cm³/mol. The Bertz CT molecular complexity index is 1100. The highest BCUT2D eigenvalue weighted by atomic mass is 19.1. The number of nitrogens with zero attached hydrogens (tertiary/aromatic N) is 3. The number of carbonyl (C=O) groups is 1. The van der Waals surface area contributed by atoms with Crippen LogP contribution in [-0.2, 0) is 4.79 Å². The molecule has 0 saturated carbocycles. The summed E-state index contributed by atoms with van der Waals surface area (Å²) in [5, 5.41) is 7.70. The molecule has 0 spiro atoms. The van der Waals surface area contributed by atoms with Gasteiger partial charge in [0.25, 0.3) is 0 Å². The van der Waals surface area contributed by atoms with Crippen molar-refractivity contribution in [3.8, 4) is 0 Å². The van der Waals surface area contributed by atoms with Gasteiger partial charge in [0.1, 0.15) is 18.2 Å². The van der Waals surface area contributed by atoms with Gasteiger partial charge in [-0.25, -0.2) is 9.07 Å². The van der Waals surface area contributed by atoms with Gasteiger partial charge in [-0.1, -0.05) is 36.4 Å². The highest BCUT2D eigenvalue weighted by molar-refractivity contribution is 6.00. The number of halogens is 1. The van der Waals surface area contributed by atoms with E-state index in [1.165, 1.54) is 18.5 Å². The fourth-order valence-corrected chi connectivity index (χ4v) is 4.30. The van der Waals surface area contributed by atoms with Crippen LogP contribution in [0.3, 0.4) is 0 Å². The smallest absolute Gasteiger partial charge is 0.226 e. The lowest BCUT2D eigenvalue weighted by Crippen LogP contribution is -2.33. The third kappa shape index (κ3) is 2.64. The number of allylic oxidation sites excluding steroid dienone is 2. The quantitative estimate of drug-likeness (QED) is 0.732. The van der Waals surface area contributed by atoms with Crippen LogP contribution in [0, 0.1) is 12.7 Å². The molecule has 1 aromatic heterocycles. The van der Waals surface area contributed by atoms with Crippen molar-refractivity contribution in [2.75, 3.05) is 5.32 Å². The fraction of sp³-hybridized carbons (Fsp3) is 0.227. The molecule has 2 aliphatic rings. The van der Waals surface area contributed by atoms with Crippen molar-refractivity contribution in [3.05, 3.63) is 88.6 Å². The molecule has 0 bridgehead atoms. The van der Waals surface area contributed by atoms with Crippen molar-refractivity contribution < 1.29 is 9.18 Å². The zero-order chi connectivity index (χ0) is 19.3. The first-order valence-electron chi connectivity index (χ1n) is 9.35. The number of aromatic nitrogens is 3. The molecule has 1 aliphatic heterocycles. The second-order valence-corrected chi connectivity index (χ2v) is 7.38. The summed E-state index contributed by atoms with van der Waals surface area (Å²) in [6.07, 6.45) is 2.59. The largest absolute Gasteiger partial charge is 0.328 e. The molecule has 140 valence electrons. The van der Waals surface area contributed by atoms with Gasteiger partial charge in [-0.15, -0.1) is 0 Å². The minimum absolute atomic E-state index is 0.0198. The number of aryl methyl sites for hydroxylation is 1. The number of ketones is 1. The van der Waals surface area contributed by atoms with E-state index in [0.29, 0.717) is 18.8 Å². The van der Waals surface area contributed by atoms with E-state index in [-0.39, 0.29) is 23.6 Å². The SMILES string of the molecule is Cc1ccccc1[C@@H]1C2=C(C[C@H](c3ccc(F)cc3)CC2=O)Nc2ncnn21. The molecular formula is C22H19FN4O. The van der Waals surface area contributed by atoms with Crippen molar-refractivity contribution in [1.29, 1.82) is 0 Å². The number of rotatable bonds is 2. The Morgan fingerprint density at radius 2 is 1.89 bits per heavy atom. The minimum atomic E-state index is -0.281. The van der Waals surface area contributed by atoms with Crippen molar-refractivity contribution in [2.24, 2.45) is 0 Å². The Hall–Kier alpha value is -3.28. The molecule has 5 nitrogen and oxygen atoms in total. The van der Waals surface area contributed by atoms with Crippen molar-refractivity contribution in [1.82, 2.24) is 14.8 Å². The van der Waals surface area contributed by atoms with Gasteiger partial charge in [-0.3, -0.25) is 4.79 Å². The molecule has 2 atom stereocenters. The van der Waals surface area contributed by atoms with E-state index in [0.717, 1.165) is 28.0 Å². The maximum absolute atomic E-state index is 13.3. The summed E-state index contributed by atoms with van der Waals surface area (Å²) in [5.41, 5.74) is 4.78. The summed E-state index contributed by atoms with van der Waals surface area (Å²) >= 11 is 0. The summed E-state index contributed by atoms with van der Waals surface area (Å²) in [7, 11) is 0. The summed E-state index contributed by atoms with van der Waals surface area (Å²) in [6.45, 7) is 2.04. The standard InChI is InChI=1S/C22H19FN4O/c1-13-4-2-3-5-17(13)21-20-18(26-22-24-12-25-27(21)22)10-15(11-19(20)28)14-6-8-16(23)9-7-14/h2-9,12,15,21H,10-11H2,1H3,(H,24,25,26)/t15-,21+/m0/s1. The molecule has 0 saturated heterocycles. The molecule has 3 aromatic rings. The summed E-state index contributed by atoms with van der Waals surface area (Å²) in [6, 6.07) is 14.2. The van der Waals surface area contributed by atoms with E-state index in [9.17, 15) is 9.18 Å². The zero-order valence-corrected chi connectivity index (χ0v) is 15.4. The molecule has 0 fully saturated rings. The predicted octanol–water partition coefficient (Wildman–Crippen LogP) is 4.14. The molecule has 0 radical (unpaired) electrons. The first kappa shape index (κ1) is 16.9. The molecule has 0 unspecified atom stereocenters. The van der Waals surface area contributed by atoms with Crippen molar-refractivity contribution in [3.63, 3.8) is 0 Å². The van der Waals surface area contributed by atoms with Crippen LogP contribution in [0.2, 0.25) is 0 Å². The van der Waals surface area contributed by atoms with E-state index in [2.05, 4.69) is 15.4 Å². The minimum Gasteiger partial charge on any atom is -0.328 e. The zero-order valence-electron chi connectivity index (χ0n) is 15.4. The van der Waals surface area contributed by atoms with Crippen molar-refractivity contribution in [2.45, 2.75) is 31.7 Å². The van der Waals surface area contributed by atoms with Crippen LogP contribution >= 0.6 is 0 Å². The van der Waals surface area contributed by atoms with E-state index in [4.69, 9.17) is 0 Å². The first-order chi connectivity index (χ1) is 13.6. The Morgan fingerprint density at radius 1 is 1.11 bits per heavy atom. The molecule has 0 amide bonds. The lowest BCUT2D eigenvalue weighted by atomic mass is 9.77. The normalized spacial score (nSPS) is 21.1. The number of benzene rings is 2. The van der Waals surface area contributed by atoms with Gasteiger partial charge in [-0.05, 0) is 48.1 Å². The highest BCUT2D eigenvalue weighted by Gasteiger charge is 2.39. The fourth-order valence-electron chi connectivity index (χ4n) is 4.30. The maximum Gasteiger partial charge on any atom is 0.226 e. The number of hydrogen-bond acceptors (Lipinski definition) is 4. The number of carbonyl (C=O) groups excluding carboxylic acids is 1. The average molecular weight is 374 g/mol. The van der Waals surface area contributed by atoms with Crippen LogP contribution in [0.5, 0.6) is 0 Å². The van der Waals surface area contributed by atoms with Gasteiger partial charge in [-0.2, -0.15) is 10.1 Å². The van der Waals surface area contributed by atoms with E-state index < -0.39 is 0 Å². The second kappa shape index (κ2) is 6.41. The summed E-state index contributed by atoms with van der Waals surface area (Å²) in [5.74, 6) is 0.484. The van der Waals surface area contributed by atoms with Crippen LogP contribution in [0.4, 0.5) is 10.3 Å². The third-order valence-electron chi connectivity index (χ3n) is 5.69. The number of fused-ring (bicyclic) bond motifs is 1. The number of hydrogen-bond donors (Lipinski definition) is 1. The number of anilines is 1. The Kier molecular flexibility index (Phi) is 3.86. The topological polar surface area (TPSA) is 59.8 Å². The Labute approximate surface area is 161 Å². The third-order valence-corrected chi connectivity index (χ3v) is 5.69. The van der Waals surface area contributed by atoms with Crippen molar-refractivity contribution >= 4 is 11.7 Å². The van der Waals surface area contributed by atoms with Gasteiger partial charge in [0.05, 0.1) is 0 Å². The Morgan fingerprint density at radius 3 is 2.68 bits per heavy atom. The maximum atomic E-state index is 13.3. The van der Waals surface area contributed by atoms with E-state index in [1.54, 1.807) is 16.8 Å². The molecule has 2 heterocycles. The van der Waals surface area contributed by atoms with Crippen LogP contribution in [0.15, 0.2) is 66.1 Å².